The van der Waals surface area contributed by atoms with Crippen molar-refractivity contribution in [1.82, 2.24) is 0 Å². The second-order valence-electron chi connectivity index (χ2n) is 2.90. The van der Waals surface area contributed by atoms with E-state index in [1.54, 1.807) is 24.3 Å². The smallest absolute Gasteiger partial charge is 0.248 e. The Morgan fingerprint density at radius 2 is 1.92 bits per heavy atom. The summed E-state index contributed by atoms with van der Waals surface area (Å²) < 4.78 is 0. The van der Waals surface area contributed by atoms with Crippen molar-refractivity contribution in [2.75, 3.05) is 0 Å². The van der Waals surface area contributed by atoms with Gasteiger partial charge in [-0.2, -0.15) is 0 Å². The first-order chi connectivity index (χ1) is 6.11. The van der Waals surface area contributed by atoms with Crippen LogP contribution in [0.4, 0.5) is 0 Å². The average Bonchev–Trinajstić information content (AvgIpc) is 2.03. The maximum Gasteiger partial charge on any atom is 0.248 e. The largest absolute Gasteiger partial charge is 0.366 e. The van der Waals surface area contributed by atoms with E-state index >= 15 is 0 Å². The zero-order chi connectivity index (χ0) is 9.84. The minimum Gasteiger partial charge on any atom is -0.366 e. The van der Waals surface area contributed by atoms with Gasteiger partial charge < -0.3 is 5.73 Å². The number of carbonyl (C=O) groups excluding carboxylic acids is 2. The number of hydrogen-bond donors (Lipinski definition) is 1. The van der Waals surface area contributed by atoms with Crippen LogP contribution in [0.2, 0.25) is 0 Å². The van der Waals surface area contributed by atoms with Gasteiger partial charge in [0, 0.05) is 12.0 Å². The molecule has 0 fully saturated rings. The third-order valence-electron chi connectivity index (χ3n) is 1.72. The lowest BCUT2D eigenvalue weighted by molar-refractivity contribution is -0.116. The predicted molar refractivity (Wildman–Crippen MR) is 49.3 cm³/mol. The number of Topliss-reactive ketones (excluding diaryl/α,β-unsaturated/α-hetero) is 1. The second-order valence-corrected chi connectivity index (χ2v) is 2.90. The molecule has 0 aliphatic carbocycles. The highest BCUT2D eigenvalue weighted by Gasteiger charge is 2.07. The minimum absolute atomic E-state index is 0.0219. The molecular weight excluding hydrogens is 166 g/mol. The molecule has 1 amide bonds. The lowest BCUT2D eigenvalue weighted by Gasteiger charge is -2.02. The Balaban J connectivity index is 3.04. The van der Waals surface area contributed by atoms with Crippen LogP contribution in [0, 0.1) is 0 Å². The quantitative estimate of drug-likeness (QED) is 0.746. The fraction of sp³-hybridized carbons (Fsp3) is 0.200. The molecule has 0 aliphatic rings. The molecule has 3 nitrogen and oxygen atoms in total. The SMILES string of the molecule is CC(=O)Cc1ccccc1C(N)=O. The molecule has 0 unspecified atom stereocenters. The molecule has 0 saturated carbocycles. The molecule has 0 heterocycles. The van der Waals surface area contributed by atoms with E-state index in [1.807, 2.05) is 0 Å². The van der Waals surface area contributed by atoms with Gasteiger partial charge >= 0.3 is 0 Å². The Labute approximate surface area is 76.6 Å². The summed E-state index contributed by atoms with van der Waals surface area (Å²) in [5.41, 5.74) is 6.27. The van der Waals surface area contributed by atoms with Crippen LogP contribution in [0.3, 0.4) is 0 Å². The first kappa shape index (κ1) is 9.45. The number of primary amides is 1. The van der Waals surface area contributed by atoms with Gasteiger partial charge in [0.25, 0.3) is 0 Å². The summed E-state index contributed by atoms with van der Waals surface area (Å²) in [4.78, 5) is 21.8. The molecule has 0 radical (unpaired) electrons. The lowest BCUT2D eigenvalue weighted by atomic mass is 10.0. The van der Waals surface area contributed by atoms with Crippen molar-refractivity contribution >= 4 is 11.7 Å². The molecular formula is C10H11NO2. The van der Waals surface area contributed by atoms with E-state index in [4.69, 9.17) is 5.73 Å². The fourth-order valence-electron chi connectivity index (χ4n) is 1.18. The molecule has 1 aromatic carbocycles. The predicted octanol–water partition coefficient (Wildman–Crippen LogP) is 0.917. The van der Waals surface area contributed by atoms with E-state index in [0.29, 0.717) is 11.1 Å². The highest BCUT2D eigenvalue weighted by molar-refractivity contribution is 5.95. The molecule has 2 N–H and O–H groups in total. The summed E-state index contributed by atoms with van der Waals surface area (Å²) in [6.07, 6.45) is 0.263. The molecule has 13 heavy (non-hydrogen) atoms. The average molecular weight is 177 g/mol. The van der Waals surface area contributed by atoms with Gasteiger partial charge in [-0.1, -0.05) is 18.2 Å². The lowest BCUT2D eigenvalue weighted by Crippen LogP contribution is -2.14. The Bertz CT molecular complexity index is 345. The molecule has 0 aromatic heterocycles. The van der Waals surface area contributed by atoms with Gasteiger partial charge in [-0.05, 0) is 18.6 Å². The van der Waals surface area contributed by atoms with Crippen LogP contribution in [0.25, 0.3) is 0 Å². The van der Waals surface area contributed by atoms with E-state index in [0.717, 1.165) is 0 Å². The van der Waals surface area contributed by atoms with Crippen LogP contribution >= 0.6 is 0 Å². The Kier molecular flexibility index (Phi) is 2.80. The van der Waals surface area contributed by atoms with Gasteiger partial charge in [0.2, 0.25) is 5.91 Å². The van der Waals surface area contributed by atoms with Crippen LogP contribution in [-0.4, -0.2) is 11.7 Å². The van der Waals surface area contributed by atoms with Gasteiger partial charge in [0.15, 0.2) is 0 Å². The van der Waals surface area contributed by atoms with E-state index in [2.05, 4.69) is 0 Å². The van der Waals surface area contributed by atoms with Gasteiger partial charge in [0.1, 0.15) is 5.78 Å². The maximum absolute atomic E-state index is 10.9. The molecule has 3 heteroatoms. The van der Waals surface area contributed by atoms with Crippen LogP contribution in [0.5, 0.6) is 0 Å². The monoisotopic (exact) mass is 177 g/mol. The van der Waals surface area contributed by atoms with E-state index in [9.17, 15) is 9.59 Å². The number of rotatable bonds is 3. The van der Waals surface area contributed by atoms with Crippen LogP contribution in [0.1, 0.15) is 22.8 Å². The first-order valence-corrected chi connectivity index (χ1v) is 3.98. The summed E-state index contributed by atoms with van der Waals surface area (Å²) in [7, 11) is 0. The molecule has 0 saturated heterocycles. The number of ketones is 1. The number of hydrogen-bond acceptors (Lipinski definition) is 2. The molecule has 1 rings (SSSR count). The van der Waals surface area contributed by atoms with Crippen molar-refractivity contribution in [3.8, 4) is 0 Å². The van der Waals surface area contributed by atoms with Crippen molar-refractivity contribution in [2.24, 2.45) is 5.73 Å². The van der Waals surface area contributed by atoms with Gasteiger partial charge in [-0.25, -0.2) is 0 Å². The number of amides is 1. The summed E-state index contributed by atoms with van der Waals surface area (Å²) in [6.45, 7) is 1.48. The summed E-state index contributed by atoms with van der Waals surface area (Å²) in [5.74, 6) is -0.467. The van der Waals surface area contributed by atoms with E-state index < -0.39 is 5.91 Å². The number of benzene rings is 1. The number of carbonyl (C=O) groups is 2. The third kappa shape index (κ3) is 2.40. The Morgan fingerprint density at radius 1 is 1.31 bits per heavy atom. The Hall–Kier alpha value is -1.64. The molecule has 0 atom stereocenters. The van der Waals surface area contributed by atoms with Crippen molar-refractivity contribution in [3.63, 3.8) is 0 Å². The Morgan fingerprint density at radius 3 is 2.46 bits per heavy atom. The van der Waals surface area contributed by atoms with Crippen molar-refractivity contribution in [3.05, 3.63) is 35.4 Å². The fourth-order valence-corrected chi connectivity index (χ4v) is 1.18. The van der Waals surface area contributed by atoms with Crippen LogP contribution in [0.15, 0.2) is 24.3 Å². The third-order valence-corrected chi connectivity index (χ3v) is 1.72. The van der Waals surface area contributed by atoms with Gasteiger partial charge in [0.05, 0.1) is 0 Å². The van der Waals surface area contributed by atoms with Crippen molar-refractivity contribution in [2.45, 2.75) is 13.3 Å². The molecule has 0 spiro atoms. The minimum atomic E-state index is -0.489. The molecule has 68 valence electrons. The standard InChI is InChI=1S/C10H11NO2/c1-7(12)6-8-4-2-3-5-9(8)10(11)13/h2-5H,6H2,1H3,(H2,11,13). The van der Waals surface area contributed by atoms with Crippen LogP contribution < -0.4 is 5.73 Å². The maximum atomic E-state index is 10.9. The second kappa shape index (κ2) is 3.85. The highest BCUT2D eigenvalue weighted by Crippen LogP contribution is 2.08. The molecule has 0 aliphatic heterocycles. The normalized spacial score (nSPS) is 9.62. The van der Waals surface area contributed by atoms with Gasteiger partial charge in [-0.15, -0.1) is 0 Å². The summed E-state index contributed by atoms with van der Waals surface area (Å²) >= 11 is 0. The zero-order valence-corrected chi connectivity index (χ0v) is 7.41. The van der Waals surface area contributed by atoms with Crippen molar-refractivity contribution in [1.29, 1.82) is 0 Å². The molecule has 0 bridgehead atoms. The highest BCUT2D eigenvalue weighted by atomic mass is 16.1. The van der Waals surface area contributed by atoms with Gasteiger partial charge in [-0.3, -0.25) is 9.59 Å². The van der Waals surface area contributed by atoms with E-state index in [1.165, 1.54) is 6.92 Å². The van der Waals surface area contributed by atoms with E-state index in [-0.39, 0.29) is 12.2 Å². The first-order valence-electron chi connectivity index (χ1n) is 3.98. The topological polar surface area (TPSA) is 60.2 Å². The number of nitrogens with two attached hydrogens (primary N) is 1. The summed E-state index contributed by atoms with van der Waals surface area (Å²) in [5, 5.41) is 0. The molecule has 1 aromatic rings. The zero-order valence-electron chi connectivity index (χ0n) is 7.41. The summed E-state index contributed by atoms with van der Waals surface area (Å²) in [6, 6.07) is 6.87. The van der Waals surface area contributed by atoms with Crippen LogP contribution in [-0.2, 0) is 11.2 Å². The van der Waals surface area contributed by atoms with Crippen molar-refractivity contribution < 1.29 is 9.59 Å².